The van der Waals surface area contributed by atoms with E-state index in [0.717, 1.165) is 25.0 Å². The first kappa shape index (κ1) is 22.7. The molecule has 0 spiro atoms. The van der Waals surface area contributed by atoms with Gasteiger partial charge in [-0.25, -0.2) is 0 Å². The summed E-state index contributed by atoms with van der Waals surface area (Å²) in [6, 6.07) is 4.96. The van der Waals surface area contributed by atoms with Gasteiger partial charge in [-0.2, -0.15) is 24.9 Å². The van der Waals surface area contributed by atoms with Gasteiger partial charge in [0.15, 0.2) is 5.96 Å². The van der Waals surface area contributed by atoms with Crippen LogP contribution in [0.15, 0.2) is 29.3 Å². The lowest BCUT2D eigenvalue weighted by Gasteiger charge is -2.18. The predicted molar refractivity (Wildman–Crippen MR) is 107 cm³/mol. The minimum atomic E-state index is -4.43. The van der Waals surface area contributed by atoms with Gasteiger partial charge < -0.3 is 20.5 Å². The summed E-state index contributed by atoms with van der Waals surface area (Å²) in [5.41, 5.74) is -0.781. The van der Waals surface area contributed by atoms with Crippen molar-refractivity contribution in [3.63, 3.8) is 0 Å². The summed E-state index contributed by atoms with van der Waals surface area (Å²) in [6.45, 7) is 2.61. The number of benzene rings is 1. The van der Waals surface area contributed by atoms with Crippen LogP contribution in [0.4, 0.5) is 13.2 Å². The monoisotopic (exact) mass is 419 g/mol. The molecule has 1 aromatic rings. The molecule has 3 atom stereocenters. The average molecular weight is 420 g/mol. The van der Waals surface area contributed by atoms with Crippen molar-refractivity contribution in [1.29, 1.82) is 0 Å². The average Bonchev–Trinajstić information content (AvgIpc) is 3.12. The van der Waals surface area contributed by atoms with E-state index in [1.807, 2.05) is 18.7 Å². The zero-order valence-electron chi connectivity index (χ0n) is 16.1. The van der Waals surface area contributed by atoms with E-state index < -0.39 is 17.8 Å². The highest BCUT2D eigenvalue weighted by Crippen LogP contribution is 2.31. The van der Waals surface area contributed by atoms with Crippen LogP contribution < -0.4 is 15.4 Å². The molecule has 9 heteroatoms. The number of rotatable bonds is 8. The smallest absolute Gasteiger partial charge is 0.416 e. The maximum absolute atomic E-state index is 12.7. The summed E-state index contributed by atoms with van der Waals surface area (Å²) < 4.78 is 43.5. The van der Waals surface area contributed by atoms with Gasteiger partial charge in [-0.15, -0.1) is 0 Å². The van der Waals surface area contributed by atoms with Crippen LogP contribution in [0.5, 0.6) is 5.75 Å². The van der Waals surface area contributed by atoms with Crippen molar-refractivity contribution >= 4 is 17.7 Å². The summed E-state index contributed by atoms with van der Waals surface area (Å²) in [5, 5.41) is 17.3. The molecule has 1 saturated carbocycles. The molecule has 0 amide bonds. The number of nitrogens with one attached hydrogen (secondary N) is 2. The van der Waals surface area contributed by atoms with Crippen LogP contribution in [0.2, 0.25) is 0 Å². The summed E-state index contributed by atoms with van der Waals surface area (Å²) >= 11 is 1.87. The van der Waals surface area contributed by atoms with Gasteiger partial charge in [0.25, 0.3) is 0 Å². The van der Waals surface area contributed by atoms with Crippen LogP contribution in [-0.2, 0) is 6.18 Å². The zero-order chi connectivity index (χ0) is 20.6. The Hall–Kier alpha value is -1.61. The Morgan fingerprint density at radius 1 is 1.39 bits per heavy atom. The number of thioether (sulfide) groups is 1. The molecule has 1 aliphatic rings. The molecule has 28 heavy (non-hydrogen) atoms. The number of aliphatic hydroxyl groups is 1. The number of guanidine groups is 1. The minimum absolute atomic E-state index is 0.0666. The molecule has 158 valence electrons. The van der Waals surface area contributed by atoms with Gasteiger partial charge in [0.1, 0.15) is 18.5 Å². The fourth-order valence-electron chi connectivity index (χ4n) is 3.00. The predicted octanol–water partition coefficient (Wildman–Crippen LogP) is 3.28. The largest absolute Gasteiger partial charge is 0.491 e. The number of alkyl halides is 3. The molecule has 0 aromatic heterocycles. The highest BCUT2D eigenvalue weighted by molar-refractivity contribution is 7.99. The molecule has 0 bridgehead atoms. The molecule has 0 heterocycles. The van der Waals surface area contributed by atoms with Crippen LogP contribution in [0, 0.1) is 0 Å². The lowest BCUT2D eigenvalue weighted by atomic mass is 10.2. The topological polar surface area (TPSA) is 65.9 Å². The lowest BCUT2D eigenvalue weighted by molar-refractivity contribution is -0.137. The molecule has 0 aliphatic heterocycles. The van der Waals surface area contributed by atoms with E-state index in [1.165, 1.54) is 18.6 Å². The van der Waals surface area contributed by atoms with Gasteiger partial charge >= 0.3 is 6.18 Å². The van der Waals surface area contributed by atoms with Gasteiger partial charge in [-0.3, -0.25) is 4.99 Å². The minimum Gasteiger partial charge on any atom is -0.491 e. The Labute approximate surface area is 168 Å². The third-order valence-corrected chi connectivity index (χ3v) is 5.56. The van der Waals surface area contributed by atoms with Crippen molar-refractivity contribution < 1.29 is 23.0 Å². The number of hydrogen-bond donors (Lipinski definition) is 3. The molecule has 0 radical (unpaired) electrons. The maximum Gasteiger partial charge on any atom is 0.416 e. The van der Waals surface area contributed by atoms with Gasteiger partial charge in [-0.1, -0.05) is 6.07 Å². The number of aliphatic hydroxyl groups excluding tert-OH is 1. The zero-order valence-corrected chi connectivity index (χ0v) is 16.9. The van der Waals surface area contributed by atoms with E-state index in [-0.39, 0.29) is 18.9 Å². The highest BCUT2D eigenvalue weighted by atomic mass is 32.2. The summed E-state index contributed by atoms with van der Waals surface area (Å²) in [4.78, 5) is 4.37. The fraction of sp³-hybridized carbons (Fsp3) is 0.632. The summed E-state index contributed by atoms with van der Waals surface area (Å²) in [6.07, 6.45) is 0.0972. The van der Waals surface area contributed by atoms with Crippen LogP contribution in [-0.4, -0.2) is 54.4 Å². The third-order valence-electron chi connectivity index (χ3n) is 4.47. The Bertz CT molecular complexity index is 643. The fourth-order valence-corrected chi connectivity index (χ4v) is 3.80. The summed E-state index contributed by atoms with van der Waals surface area (Å²) in [5.74, 6) is 0.698. The molecule has 3 N–H and O–H groups in total. The highest BCUT2D eigenvalue weighted by Gasteiger charge is 2.30. The standard InChI is InChI=1S/C19H28F3N3O2S/c1-3-23-18(25-14-7-8-17(10-14)28-2)24-11-15(26)12-27-16-6-4-5-13(9-16)19(20,21)22/h4-6,9,14-15,17,26H,3,7-8,10-12H2,1-2H3,(H2,23,24,25). The Balaban J connectivity index is 1.84. The van der Waals surface area contributed by atoms with Crippen LogP contribution in [0.25, 0.3) is 0 Å². The number of aliphatic imine (C=N–C) groups is 1. The molecule has 2 rings (SSSR count). The second-order valence-corrected chi connectivity index (χ2v) is 7.86. The van der Waals surface area contributed by atoms with Crippen molar-refractivity contribution in [2.75, 3.05) is 26.0 Å². The molecular weight excluding hydrogens is 391 g/mol. The van der Waals surface area contributed by atoms with Crippen molar-refractivity contribution in [2.45, 2.75) is 49.8 Å². The van der Waals surface area contributed by atoms with E-state index in [2.05, 4.69) is 21.9 Å². The van der Waals surface area contributed by atoms with Crippen molar-refractivity contribution in [1.82, 2.24) is 10.6 Å². The van der Waals surface area contributed by atoms with Gasteiger partial charge in [0.2, 0.25) is 0 Å². The quantitative estimate of drug-likeness (QED) is 0.446. The van der Waals surface area contributed by atoms with Crippen molar-refractivity contribution in [2.24, 2.45) is 4.99 Å². The van der Waals surface area contributed by atoms with Gasteiger partial charge in [0.05, 0.1) is 12.1 Å². The van der Waals surface area contributed by atoms with Crippen LogP contribution >= 0.6 is 11.8 Å². The van der Waals surface area contributed by atoms with Crippen LogP contribution in [0.1, 0.15) is 31.7 Å². The van der Waals surface area contributed by atoms with E-state index >= 15 is 0 Å². The maximum atomic E-state index is 12.7. The molecule has 3 unspecified atom stereocenters. The SMILES string of the molecule is CCNC(=NCC(O)COc1cccc(C(F)(F)F)c1)NC1CCC(SC)C1. The second-order valence-electron chi connectivity index (χ2n) is 6.72. The van der Waals surface area contributed by atoms with Crippen LogP contribution in [0.3, 0.4) is 0 Å². The molecule has 5 nitrogen and oxygen atoms in total. The first-order valence-electron chi connectivity index (χ1n) is 9.37. The molecule has 0 saturated heterocycles. The van der Waals surface area contributed by atoms with Gasteiger partial charge in [0, 0.05) is 17.8 Å². The van der Waals surface area contributed by atoms with Crippen molar-refractivity contribution in [3.8, 4) is 5.75 Å². The number of hydrogen-bond acceptors (Lipinski definition) is 4. The van der Waals surface area contributed by atoms with Gasteiger partial charge in [-0.05, 0) is 50.6 Å². The normalized spacial score (nSPS) is 21.4. The Morgan fingerprint density at radius 3 is 2.82 bits per heavy atom. The molecule has 1 aliphatic carbocycles. The van der Waals surface area contributed by atoms with E-state index in [9.17, 15) is 18.3 Å². The lowest BCUT2D eigenvalue weighted by Crippen LogP contribution is -2.43. The molecule has 1 aromatic carbocycles. The van der Waals surface area contributed by atoms with E-state index in [1.54, 1.807) is 0 Å². The third kappa shape index (κ3) is 7.43. The van der Waals surface area contributed by atoms with Crippen molar-refractivity contribution in [3.05, 3.63) is 29.8 Å². The Morgan fingerprint density at radius 2 is 2.18 bits per heavy atom. The number of nitrogens with zero attached hydrogens (tertiary/aromatic N) is 1. The molecule has 1 fully saturated rings. The first-order valence-corrected chi connectivity index (χ1v) is 10.7. The van der Waals surface area contributed by atoms with E-state index in [0.29, 0.717) is 23.8 Å². The Kier molecular flexibility index (Phi) is 8.75. The first-order chi connectivity index (χ1) is 13.3. The second kappa shape index (κ2) is 10.8. The summed E-state index contributed by atoms with van der Waals surface area (Å²) in [7, 11) is 0. The molecular formula is C19H28F3N3O2S. The number of ether oxygens (including phenoxy) is 1. The van der Waals surface area contributed by atoms with E-state index in [4.69, 9.17) is 4.74 Å². The number of halogens is 3.